The maximum Gasteiger partial charge on any atom is 0.158 e. The Morgan fingerprint density at radius 1 is 1.00 bits per heavy atom. The second kappa shape index (κ2) is 6.02. The highest BCUT2D eigenvalue weighted by atomic mass is 15.1. The number of fused-ring (bicyclic) bond motifs is 1. The third-order valence-corrected chi connectivity index (χ3v) is 3.71. The Kier molecular flexibility index (Phi) is 3.56. The van der Waals surface area contributed by atoms with E-state index in [0.29, 0.717) is 11.6 Å². The fourth-order valence-electron chi connectivity index (χ4n) is 2.41. The summed E-state index contributed by atoms with van der Waals surface area (Å²) in [4.78, 5) is 20.3. The van der Waals surface area contributed by atoms with Crippen LogP contribution in [0.4, 0.5) is 11.6 Å². The number of imidazole rings is 1. The fraction of sp³-hybridized carbons (Fsp3) is 0.0556. The lowest BCUT2D eigenvalue weighted by Gasteiger charge is -2.03. The Labute approximate surface area is 143 Å². The zero-order chi connectivity index (χ0) is 17.2. The summed E-state index contributed by atoms with van der Waals surface area (Å²) >= 11 is 0. The highest BCUT2D eigenvalue weighted by Crippen LogP contribution is 2.22. The van der Waals surface area contributed by atoms with Gasteiger partial charge >= 0.3 is 0 Å². The molecule has 0 bridgehead atoms. The third kappa shape index (κ3) is 3.01. The van der Waals surface area contributed by atoms with E-state index in [0.717, 1.165) is 22.4 Å². The minimum absolute atomic E-state index is 0.268. The average molecular weight is 327 g/mol. The normalized spacial score (nSPS) is 10.6. The van der Waals surface area contributed by atoms with E-state index >= 15 is 0 Å². The first kappa shape index (κ1) is 14.8. The van der Waals surface area contributed by atoms with Crippen molar-refractivity contribution in [1.82, 2.24) is 24.9 Å². The molecular weight excluding hydrogens is 314 g/mol. The van der Waals surface area contributed by atoms with Crippen molar-refractivity contribution in [3.63, 3.8) is 0 Å². The standard InChI is InChI=1S/C18H13N7/c1-11-2-4-12(5-3-11)18-23-14-6-16(22-9-15(14)24-18)25-17-10-20-13(7-19)8-21-17/h2-6,8-10H,1H3,(H,23,24)(H,21,22,25). The molecule has 3 aromatic heterocycles. The molecule has 4 rings (SSSR count). The van der Waals surface area contributed by atoms with Gasteiger partial charge in [-0.15, -0.1) is 0 Å². The van der Waals surface area contributed by atoms with E-state index in [1.165, 1.54) is 18.0 Å². The van der Waals surface area contributed by atoms with Crippen LogP contribution in [-0.2, 0) is 0 Å². The summed E-state index contributed by atoms with van der Waals surface area (Å²) < 4.78 is 0. The van der Waals surface area contributed by atoms with Gasteiger partial charge in [-0.3, -0.25) is 0 Å². The summed E-state index contributed by atoms with van der Waals surface area (Å²) in [6, 6.07) is 11.9. The van der Waals surface area contributed by atoms with Crippen molar-refractivity contribution in [2.24, 2.45) is 0 Å². The van der Waals surface area contributed by atoms with E-state index in [1.807, 2.05) is 24.3 Å². The van der Waals surface area contributed by atoms with Crippen molar-refractivity contribution < 1.29 is 0 Å². The Balaban J connectivity index is 1.63. The molecule has 3 heterocycles. The van der Waals surface area contributed by atoms with Gasteiger partial charge in [0, 0.05) is 11.6 Å². The van der Waals surface area contributed by atoms with Crippen LogP contribution in [-0.4, -0.2) is 24.9 Å². The van der Waals surface area contributed by atoms with Gasteiger partial charge in [0.25, 0.3) is 0 Å². The minimum atomic E-state index is 0.268. The lowest BCUT2D eigenvalue weighted by Crippen LogP contribution is -1.97. The first-order chi connectivity index (χ1) is 12.2. The average Bonchev–Trinajstić information content (AvgIpc) is 3.06. The number of benzene rings is 1. The van der Waals surface area contributed by atoms with E-state index in [9.17, 15) is 0 Å². The summed E-state index contributed by atoms with van der Waals surface area (Å²) in [5.74, 6) is 1.92. The molecule has 0 saturated carbocycles. The van der Waals surface area contributed by atoms with E-state index in [1.54, 1.807) is 6.20 Å². The van der Waals surface area contributed by atoms with Crippen LogP contribution in [0, 0.1) is 18.3 Å². The van der Waals surface area contributed by atoms with Gasteiger partial charge < -0.3 is 10.3 Å². The van der Waals surface area contributed by atoms with Crippen LogP contribution in [0.5, 0.6) is 0 Å². The van der Waals surface area contributed by atoms with E-state index < -0.39 is 0 Å². The number of anilines is 2. The number of H-pyrrole nitrogens is 1. The molecule has 2 N–H and O–H groups in total. The Morgan fingerprint density at radius 2 is 1.80 bits per heavy atom. The number of nitrogens with one attached hydrogen (secondary N) is 2. The number of rotatable bonds is 3. The second-order valence-electron chi connectivity index (χ2n) is 5.56. The molecule has 0 fully saturated rings. The van der Waals surface area contributed by atoms with Crippen molar-refractivity contribution in [3.05, 3.63) is 60.2 Å². The van der Waals surface area contributed by atoms with Crippen LogP contribution >= 0.6 is 0 Å². The summed E-state index contributed by atoms with van der Waals surface area (Å²) in [5, 5.41) is 11.8. The van der Waals surface area contributed by atoms with Gasteiger partial charge in [-0.05, 0) is 6.92 Å². The molecule has 1 aromatic carbocycles. The highest BCUT2D eigenvalue weighted by molar-refractivity contribution is 5.81. The zero-order valence-corrected chi connectivity index (χ0v) is 13.4. The summed E-state index contributed by atoms with van der Waals surface area (Å²) in [5.41, 5.74) is 4.15. The van der Waals surface area contributed by atoms with Crippen molar-refractivity contribution in [3.8, 4) is 17.5 Å². The smallest absolute Gasteiger partial charge is 0.158 e. The molecule has 0 saturated heterocycles. The maximum absolute atomic E-state index is 8.75. The molecule has 120 valence electrons. The molecule has 0 aliphatic heterocycles. The second-order valence-corrected chi connectivity index (χ2v) is 5.56. The largest absolute Gasteiger partial charge is 0.337 e. The summed E-state index contributed by atoms with van der Waals surface area (Å²) in [6.45, 7) is 2.05. The molecular formula is C18H13N7. The van der Waals surface area contributed by atoms with Crippen LogP contribution in [0.25, 0.3) is 22.4 Å². The van der Waals surface area contributed by atoms with Gasteiger partial charge in [-0.25, -0.2) is 19.9 Å². The van der Waals surface area contributed by atoms with Crippen LogP contribution in [0.3, 0.4) is 0 Å². The van der Waals surface area contributed by atoms with E-state index in [2.05, 4.69) is 49.3 Å². The van der Waals surface area contributed by atoms with Crippen LogP contribution in [0.15, 0.2) is 48.9 Å². The number of aromatic amines is 1. The number of nitriles is 1. The number of aromatic nitrogens is 5. The number of pyridine rings is 1. The summed E-state index contributed by atoms with van der Waals surface area (Å²) in [6.07, 6.45) is 4.62. The number of nitrogens with zero attached hydrogens (tertiary/aromatic N) is 5. The molecule has 4 aromatic rings. The Bertz CT molecular complexity index is 1070. The molecule has 0 aliphatic rings. The molecule has 0 radical (unpaired) electrons. The zero-order valence-electron chi connectivity index (χ0n) is 13.4. The van der Waals surface area contributed by atoms with Crippen LogP contribution in [0.1, 0.15) is 11.3 Å². The fourth-order valence-corrected chi connectivity index (χ4v) is 2.41. The quantitative estimate of drug-likeness (QED) is 0.598. The van der Waals surface area contributed by atoms with Gasteiger partial charge in [0.2, 0.25) is 0 Å². The molecule has 7 nitrogen and oxygen atoms in total. The molecule has 7 heteroatoms. The lowest BCUT2D eigenvalue weighted by molar-refractivity contribution is 1.15. The first-order valence-corrected chi connectivity index (χ1v) is 7.63. The van der Waals surface area contributed by atoms with Crippen LogP contribution < -0.4 is 5.32 Å². The van der Waals surface area contributed by atoms with Gasteiger partial charge in [0.05, 0.1) is 29.6 Å². The molecule has 0 spiro atoms. The Hall–Kier alpha value is -3.79. The minimum Gasteiger partial charge on any atom is -0.337 e. The first-order valence-electron chi connectivity index (χ1n) is 7.63. The van der Waals surface area contributed by atoms with Gasteiger partial charge in [-0.2, -0.15) is 5.26 Å². The SMILES string of the molecule is Cc1ccc(-c2nc3cc(Nc4cnc(C#N)cn4)ncc3[nH]2)cc1. The monoisotopic (exact) mass is 327 g/mol. The number of hydrogen-bond donors (Lipinski definition) is 2. The molecule has 25 heavy (non-hydrogen) atoms. The van der Waals surface area contributed by atoms with Gasteiger partial charge in [0.1, 0.15) is 23.5 Å². The van der Waals surface area contributed by atoms with E-state index in [-0.39, 0.29) is 5.69 Å². The van der Waals surface area contributed by atoms with Crippen molar-refractivity contribution in [1.29, 1.82) is 5.26 Å². The molecule has 0 unspecified atom stereocenters. The summed E-state index contributed by atoms with van der Waals surface area (Å²) in [7, 11) is 0. The lowest BCUT2D eigenvalue weighted by atomic mass is 10.1. The van der Waals surface area contributed by atoms with Gasteiger partial charge in [0.15, 0.2) is 5.69 Å². The molecule has 0 aliphatic carbocycles. The number of aryl methyl sites for hydroxylation is 1. The maximum atomic E-state index is 8.75. The van der Waals surface area contributed by atoms with Crippen molar-refractivity contribution >= 4 is 22.7 Å². The number of hydrogen-bond acceptors (Lipinski definition) is 6. The molecule has 0 atom stereocenters. The molecule has 0 amide bonds. The topological polar surface area (TPSA) is 103 Å². The predicted octanol–water partition coefficient (Wildman–Crippen LogP) is 3.34. The highest BCUT2D eigenvalue weighted by Gasteiger charge is 2.07. The van der Waals surface area contributed by atoms with Crippen molar-refractivity contribution in [2.75, 3.05) is 5.32 Å². The van der Waals surface area contributed by atoms with Gasteiger partial charge in [-0.1, -0.05) is 29.8 Å². The van der Waals surface area contributed by atoms with Crippen molar-refractivity contribution in [2.45, 2.75) is 6.92 Å². The van der Waals surface area contributed by atoms with E-state index in [4.69, 9.17) is 5.26 Å². The Morgan fingerprint density at radius 3 is 2.52 bits per heavy atom. The van der Waals surface area contributed by atoms with Crippen LogP contribution in [0.2, 0.25) is 0 Å². The predicted molar refractivity (Wildman–Crippen MR) is 94.1 cm³/mol. The third-order valence-electron chi connectivity index (χ3n) is 3.71.